The van der Waals surface area contributed by atoms with Gasteiger partial charge in [0.05, 0.1) is 6.54 Å². The minimum absolute atomic E-state index is 0.234. The number of hydrogen-bond acceptors (Lipinski definition) is 5. The van der Waals surface area contributed by atoms with Crippen molar-refractivity contribution in [3.05, 3.63) is 70.4 Å². The van der Waals surface area contributed by atoms with Crippen LogP contribution >= 0.6 is 35.1 Å². The maximum absolute atomic E-state index is 12.8. The van der Waals surface area contributed by atoms with E-state index >= 15 is 0 Å². The Morgan fingerprint density at radius 1 is 1.22 bits per heavy atom. The molecule has 0 aliphatic carbocycles. The van der Waals surface area contributed by atoms with Gasteiger partial charge < -0.3 is 9.73 Å². The number of carbonyl (C=O) groups excluding carboxylic acids is 1. The Kier molecular flexibility index (Phi) is 5.76. The number of carbonyl (C=O) groups is 1. The van der Waals surface area contributed by atoms with Gasteiger partial charge in [-0.05, 0) is 17.7 Å². The molecule has 1 amide bonds. The number of amides is 1. The number of nitrogens with zero attached hydrogens (tertiary/aromatic N) is 1. The predicted molar refractivity (Wildman–Crippen MR) is 115 cm³/mol. The summed E-state index contributed by atoms with van der Waals surface area (Å²) in [6.07, 6.45) is 0. The Balaban J connectivity index is 1.56. The quantitative estimate of drug-likeness (QED) is 0.608. The van der Waals surface area contributed by atoms with Gasteiger partial charge >= 0.3 is 0 Å². The Labute approximate surface area is 170 Å². The van der Waals surface area contributed by atoms with Crippen molar-refractivity contribution < 1.29 is 9.21 Å². The molecule has 1 aliphatic rings. The normalized spacial score (nSPS) is 13.7. The molecule has 0 atom stereocenters. The molecular formula is C20H17ClN2O2S2. The molecule has 4 nitrogen and oxygen atoms in total. The molecule has 3 aromatic rings. The van der Waals surface area contributed by atoms with E-state index in [1.807, 2.05) is 48.5 Å². The van der Waals surface area contributed by atoms with Crippen LogP contribution in [0.3, 0.4) is 0 Å². The van der Waals surface area contributed by atoms with Crippen LogP contribution < -0.4 is 5.32 Å². The highest BCUT2D eigenvalue weighted by atomic mass is 35.5. The summed E-state index contributed by atoms with van der Waals surface area (Å²) in [6.45, 7) is 1.22. The number of nitrogens with one attached hydrogen (secondary N) is 1. The van der Waals surface area contributed by atoms with Gasteiger partial charge in [-0.1, -0.05) is 71.5 Å². The summed E-state index contributed by atoms with van der Waals surface area (Å²) in [6, 6.07) is 15.2. The molecule has 0 saturated heterocycles. The molecule has 0 bridgehead atoms. The number of para-hydroxylation sites is 1. The van der Waals surface area contributed by atoms with Crippen molar-refractivity contribution in [2.45, 2.75) is 12.3 Å². The third-order valence-corrected chi connectivity index (χ3v) is 6.85. The second-order valence-corrected chi connectivity index (χ2v) is 8.68. The molecule has 0 unspecified atom stereocenters. The number of hydrogen-bond donors (Lipinski definition) is 1. The second-order valence-electron chi connectivity index (χ2n) is 5.96. The minimum Gasteiger partial charge on any atom is -0.451 e. The van der Waals surface area contributed by atoms with Gasteiger partial charge in [-0.15, -0.1) is 0 Å². The number of benzene rings is 2. The van der Waals surface area contributed by atoms with E-state index in [0.717, 1.165) is 38.8 Å². The van der Waals surface area contributed by atoms with Crippen molar-refractivity contribution in [2.75, 3.05) is 12.3 Å². The van der Waals surface area contributed by atoms with E-state index in [2.05, 4.69) is 10.3 Å². The van der Waals surface area contributed by atoms with Crippen molar-refractivity contribution in [3.63, 3.8) is 0 Å². The molecule has 4 rings (SSSR count). The van der Waals surface area contributed by atoms with Crippen molar-refractivity contribution in [3.8, 4) is 0 Å². The molecule has 0 fully saturated rings. The summed E-state index contributed by atoms with van der Waals surface area (Å²) < 4.78 is 6.96. The van der Waals surface area contributed by atoms with Crippen LogP contribution in [0.2, 0.25) is 5.02 Å². The van der Waals surface area contributed by atoms with E-state index in [1.165, 1.54) is 0 Å². The third kappa shape index (κ3) is 4.18. The zero-order valence-corrected chi connectivity index (χ0v) is 16.8. The molecule has 138 valence electrons. The largest absolute Gasteiger partial charge is 0.451 e. The Morgan fingerprint density at radius 3 is 2.85 bits per heavy atom. The van der Waals surface area contributed by atoms with Gasteiger partial charge in [0.15, 0.2) is 5.76 Å². The smallest absolute Gasteiger partial charge is 0.287 e. The van der Waals surface area contributed by atoms with E-state index in [1.54, 1.807) is 23.5 Å². The molecule has 0 spiro atoms. The fraction of sp³-hybridized carbons (Fsp3) is 0.200. The van der Waals surface area contributed by atoms with E-state index in [-0.39, 0.29) is 5.91 Å². The monoisotopic (exact) mass is 416 g/mol. The SMILES string of the molecule is O=C(NCc1ccccc1Cl)c1oc2ccccc2c1CSC1=NCCS1. The first-order valence-electron chi connectivity index (χ1n) is 8.54. The van der Waals surface area contributed by atoms with Crippen LogP contribution in [-0.2, 0) is 12.3 Å². The zero-order valence-electron chi connectivity index (χ0n) is 14.4. The van der Waals surface area contributed by atoms with Crippen LogP contribution in [0.5, 0.6) is 0 Å². The number of fused-ring (bicyclic) bond motifs is 1. The van der Waals surface area contributed by atoms with Crippen molar-refractivity contribution in [2.24, 2.45) is 4.99 Å². The summed E-state index contributed by atoms with van der Waals surface area (Å²) in [4.78, 5) is 17.3. The number of rotatable bonds is 5. The standard InChI is InChI=1S/C20H17ClN2O2S2/c21-16-7-3-1-5-13(16)11-23-19(24)18-15(12-27-20-22-9-10-26-20)14-6-2-4-8-17(14)25-18/h1-8H,9-12H2,(H,23,24). The molecule has 1 aliphatic heterocycles. The lowest BCUT2D eigenvalue weighted by atomic mass is 10.1. The molecule has 1 aromatic heterocycles. The number of furan rings is 1. The van der Waals surface area contributed by atoms with Gasteiger partial charge in [0.1, 0.15) is 9.96 Å². The summed E-state index contributed by atoms with van der Waals surface area (Å²) in [5.41, 5.74) is 2.50. The maximum atomic E-state index is 12.8. The first-order valence-corrected chi connectivity index (χ1v) is 10.9. The number of aliphatic imine (C=N–C) groups is 1. The number of halogens is 1. The highest BCUT2D eigenvalue weighted by Crippen LogP contribution is 2.32. The highest BCUT2D eigenvalue weighted by molar-refractivity contribution is 8.38. The average molecular weight is 417 g/mol. The molecule has 0 saturated carbocycles. The van der Waals surface area contributed by atoms with E-state index in [9.17, 15) is 4.79 Å². The van der Waals surface area contributed by atoms with Crippen molar-refractivity contribution in [1.82, 2.24) is 5.32 Å². The van der Waals surface area contributed by atoms with E-state index < -0.39 is 0 Å². The molecule has 7 heteroatoms. The lowest BCUT2D eigenvalue weighted by Gasteiger charge is -2.07. The van der Waals surface area contributed by atoms with Gasteiger partial charge in [0.2, 0.25) is 0 Å². The van der Waals surface area contributed by atoms with Crippen LogP contribution in [0.15, 0.2) is 57.9 Å². The van der Waals surface area contributed by atoms with Gasteiger partial charge in [-0.2, -0.15) is 0 Å². The van der Waals surface area contributed by atoms with Crippen LogP contribution in [-0.4, -0.2) is 22.6 Å². The highest BCUT2D eigenvalue weighted by Gasteiger charge is 2.21. The summed E-state index contributed by atoms with van der Waals surface area (Å²) >= 11 is 9.60. The lowest BCUT2D eigenvalue weighted by Crippen LogP contribution is -2.23. The average Bonchev–Trinajstić information content (AvgIpc) is 3.33. The summed E-state index contributed by atoms with van der Waals surface area (Å²) in [5.74, 6) is 1.80. The molecule has 27 heavy (non-hydrogen) atoms. The van der Waals surface area contributed by atoms with Gasteiger partial charge in [-0.25, -0.2) is 0 Å². The molecule has 1 N–H and O–H groups in total. The zero-order chi connectivity index (χ0) is 18.6. The fourth-order valence-corrected chi connectivity index (χ4v) is 5.10. The Morgan fingerprint density at radius 2 is 2.04 bits per heavy atom. The summed E-state index contributed by atoms with van der Waals surface area (Å²) in [7, 11) is 0. The Hall–Kier alpha value is -1.89. The number of thioether (sulfide) groups is 2. The second kappa shape index (κ2) is 8.42. The van der Waals surface area contributed by atoms with Crippen molar-refractivity contribution >= 4 is 56.4 Å². The summed E-state index contributed by atoms with van der Waals surface area (Å²) in [5, 5.41) is 4.53. The third-order valence-electron chi connectivity index (χ3n) is 4.20. The van der Waals surface area contributed by atoms with Gasteiger partial charge in [0, 0.05) is 34.0 Å². The van der Waals surface area contributed by atoms with Crippen LogP contribution in [0.4, 0.5) is 0 Å². The van der Waals surface area contributed by atoms with Gasteiger partial charge in [-0.3, -0.25) is 9.79 Å². The first-order chi connectivity index (χ1) is 13.2. The molecule has 2 heterocycles. The van der Waals surface area contributed by atoms with Crippen LogP contribution in [0.25, 0.3) is 11.0 Å². The molecule has 2 aromatic carbocycles. The minimum atomic E-state index is -0.234. The Bertz CT molecular complexity index is 1020. The van der Waals surface area contributed by atoms with E-state index in [4.69, 9.17) is 16.0 Å². The molecular weight excluding hydrogens is 400 g/mol. The fourth-order valence-electron chi connectivity index (χ4n) is 2.86. The van der Waals surface area contributed by atoms with Crippen molar-refractivity contribution in [1.29, 1.82) is 0 Å². The van der Waals surface area contributed by atoms with Crippen LogP contribution in [0.1, 0.15) is 21.7 Å². The first kappa shape index (κ1) is 18.5. The maximum Gasteiger partial charge on any atom is 0.287 e. The molecule has 0 radical (unpaired) electrons. The van der Waals surface area contributed by atoms with E-state index in [0.29, 0.717) is 23.1 Å². The topological polar surface area (TPSA) is 54.6 Å². The predicted octanol–water partition coefficient (Wildman–Crippen LogP) is 5.35. The van der Waals surface area contributed by atoms with Gasteiger partial charge in [0.25, 0.3) is 5.91 Å². The van der Waals surface area contributed by atoms with Crippen LogP contribution in [0, 0.1) is 0 Å². The lowest BCUT2D eigenvalue weighted by molar-refractivity contribution is 0.0924.